The van der Waals surface area contributed by atoms with E-state index in [1.165, 1.54) is 25.1 Å². The fraction of sp³-hybridized carbons (Fsp3) is 0.750. The maximum absolute atomic E-state index is 4.50. The van der Waals surface area contributed by atoms with Gasteiger partial charge in [0.2, 0.25) is 0 Å². The zero-order chi connectivity index (χ0) is 10.7. The normalized spacial score (nSPS) is 26.0. The summed E-state index contributed by atoms with van der Waals surface area (Å²) in [6.07, 6.45) is 7.87. The van der Waals surface area contributed by atoms with E-state index in [1.54, 1.807) is 0 Å². The van der Waals surface area contributed by atoms with Crippen LogP contribution in [0.2, 0.25) is 0 Å². The van der Waals surface area contributed by atoms with Crippen LogP contribution in [-0.2, 0) is 6.54 Å². The van der Waals surface area contributed by atoms with Crippen LogP contribution >= 0.6 is 0 Å². The molecule has 1 aromatic heterocycles. The minimum absolute atomic E-state index is 0.670. The van der Waals surface area contributed by atoms with Gasteiger partial charge in [-0.15, -0.1) is 0 Å². The van der Waals surface area contributed by atoms with Crippen molar-refractivity contribution in [2.75, 3.05) is 6.54 Å². The van der Waals surface area contributed by atoms with E-state index in [0.29, 0.717) is 12.0 Å². The number of nitrogens with zero attached hydrogens (tertiary/aromatic N) is 2. The second kappa shape index (κ2) is 4.79. The standard InChI is InChI=1S/C12H21N3/c1-3-13-11-6-5-10(9-11)12-14-7-8-15(12)4-2/h7-8,10-11,13H,3-6,9H2,1-2H3. The van der Waals surface area contributed by atoms with Crippen molar-refractivity contribution in [1.82, 2.24) is 14.9 Å². The molecule has 2 unspecified atom stereocenters. The number of nitrogens with one attached hydrogen (secondary N) is 1. The number of hydrogen-bond acceptors (Lipinski definition) is 2. The van der Waals surface area contributed by atoms with E-state index in [2.05, 4.69) is 34.9 Å². The molecule has 1 N–H and O–H groups in total. The molecule has 84 valence electrons. The van der Waals surface area contributed by atoms with Crippen molar-refractivity contribution in [2.24, 2.45) is 0 Å². The Bertz CT molecular complexity index is 306. The number of aryl methyl sites for hydroxylation is 1. The van der Waals surface area contributed by atoms with Crippen LogP contribution < -0.4 is 5.32 Å². The zero-order valence-electron chi connectivity index (χ0n) is 9.74. The van der Waals surface area contributed by atoms with Gasteiger partial charge < -0.3 is 9.88 Å². The third kappa shape index (κ3) is 2.23. The first-order chi connectivity index (χ1) is 7.35. The first-order valence-electron chi connectivity index (χ1n) is 6.09. The van der Waals surface area contributed by atoms with E-state index in [-0.39, 0.29) is 0 Å². The largest absolute Gasteiger partial charge is 0.335 e. The van der Waals surface area contributed by atoms with Gasteiger partial charge in [0, 0.05) is 30.9 Å². The Morgan fingerprint density at radius 3 is 3.07 bits per heavy atom. The highest BCUT2D eigenvalue weighted by Crippen LogP contribution is 2.33. The predicted molar refractivity (Wildman–Crippen MR) is 62.0 cm³/mol. The van der Waals surface area contributed by atoms with Crippen LogP contribution in [-0.4, -0.2) is 22.1 Å². The van der Waals surface area contributed by atoms with Gasteiger partial charge in [-0.2, -0.15) is 0 Å². The molecule has 0 radical (unpaired) electrons. The summed E-state index contributed by atoms with van der Waals surface area (Å²) in [5.41, 5.74) is 0. The summed E-state index contributed by atoms with van der Waals surface area (Å²) in [6.45, 7) is 6.49. The van der Waals surface area contributed by atoms with Crippen LogP contribution in [0, 0.1) is 0 Å². The van der Waals surface area contributed by atoms with Gasteiger partial charge >= 0.3 is 0 Å². The van der Waals surface area contributed by atoms with Gasteiger partial charge in [0.25, 0.3) is 0 Å². The molecule has 1 saturated carbocycles. The fourth-order valence-electron chi connectivity index (χ4n) is 2.64. The summed E-state index contributed by atoms with van der Waals surface area (Å²) in [6, 6.07) is 0.710. The highest BCUT2D eigenvalue weighted by Gasteiger charge is 2.27. The first-order valence-corrected chi connectivity index (χ1v) is 6.09. The van der Waals surface area contributed by atoms with E-state index in [9.17, 15) is 0 Å². The molecule has 0 aliphatic heterocycles. The van der Waals surface area contributed by atoms with Gasteiger partial charge in [-0.3, -0.25) is 0 Å². The van der Waals surface area contributed by atoms with Crippen molar-refractivity contribution in [3.05, 3.63) is 18.2 Å². The van der Waals surface area contributed by atoms with Crippen LogP contribution in [0.15, 0.2) is 12.4 Å². The van der Waals surface area contributed by atoms with Gasteiger partial charge in [-0.25, -0.2) is 4.98 Å². The Morgan fingerprint density at radius 2 is 2.33 bits per heavy atom. The Hall–Kier alpha value is -0.830. The van der Waals surface area contributed by atoms with E-state index in [1.807, 2.05) is 6.20 Å². The third-order valence-electron chi connectivity index (χ3n) is 3.38. The molecule has 3 heteroatoms. The molecule has 0 aromatic carbocycles. The number of imidazole rings is 1. The van der Waals surface area contributed by atoms with Gasteiger partial charge in [0.1, 0.15) is 5.82 Å². The second-order valence-corrected chi connectivity index (χ2v) is 4.34. The van der Waals surface area contributed by atoms with Crippen LogP contribution in [0.1, 0.15) is 44.9 Å². The molecule has 1 fully saturated rings. The highest BCUT2D eigenvalue weighted by molar-refractivity contribution is 5.04. The third-order valence-corrected chi connectivity index (χ3v) is 3.38. The fourth-order valence-corrected chi connectivity index (χ4v) is 2.64. The lowest BCUT2D eigenvalue weighted by molar-refractivity contribution is 0.524. The summed E-state index contributed by atoms with van der Waals surface area (Å²) in [4.78, 5) is 4.50. The van der Waals surface area contributed by atoms with Gasteiger partial charge in [0.05, 0.1) is 0 Å². The molecule has 0 bridgehead atoms. The van der Waals surface area contributed by atoms with E-state index < -0.39 is 0 Å². The van der Waals surface area contributed by atoms with Crippen LogP contribution in [0.3, 0.4) is 0 Å². The lowest BCUT2D eigenvalue weighted by Gasteiger charge is -2.13. The molecule has 3 nitrogen and oxygen atoms in total. The summed E-state index contributed by atoms with van der Waals surface area (Å²) < 4.78 is 2.28. The maximum atomic E-state index is 4.50. The Morgan fingerprint density at radius 1 is 1.47 bits per heavy atom. The number of hydrogen-bond donors (Lipinski definition) is 1. The molecule has 15 heavy (non-hydrogen) atoms. The van der Waals surface area contributed by atoms with Crippen molar-refractivity contribution in [3.8, 4) is 0 Å². The molecule has 1 aliphatic rings. The summed E-state index contributed by atoms with van der Waals surface area (Å²) in [5, 5.41) is 3.54. The van der Waals surface area contributed by atoms with Crippen LogP contribution in [0.5, 0.6) is 0 Å². The average Bonchev–Trinajstić information content (AvgIpc) is 2.84. The summed E-state index contributed by atoms with van der Waals surface area (Å²) >= 11 is 0. The summed E-state index contributed by atoms with van der Waals surface area (Å²) in [5.74, 6) is 1.96. The summed E-state index contributed by atoms with van der Waals surface area (Å²) in [7, 11) is 0. The molecule has 0 spiro atoms. The van der Waals surface area contributed by atoms with Crippen molar-refractivity contribution in [3.63, 3.8) is 0 Å². The SMILES string of the molecule is CCNC1CCC(c2nccn2CC)C1. The maximum Gasteiger partial charge on any atom is 0.111 e. The zero-order valence-corrected chi connectivity index (χ0v) is 9.74. The lowest BCUT2D eigenvalue weighted by atomic mass is 10.1. The van der Waals surface area contributed by atoms with Gasteiger partial charge in [-0.05, 0) is 32.7 Å². The van der Waals surface area contributed by atoms with Crippen molar-refractivity contribution in [1.29, 1.82) is 0 Å². The second-order valence-electron chi connectivity index (χ2n) is 4.34. The van der Waals surface area contributed by atoms with Gasteiger partial charge in [0.15, 0.2) is 0 Å². The van der Waals surface area contributed by atoms with E-state index in [0.717, 1.165) is 13.1 Å². The van der Waals surface area contributed by atoms with Crippen LogP contribution in [0.4, 0.5) is 0 Å². The molecule has 1 heterocycles. The Kier molecular flexibility index (Phi) is 3.41. The predicted octanol–water partition coefficient (Wildman–Crippen LogP) is 2.15. The van der Waals surface area contributed by atoms with Crippen LogP contribution in [0.25, 0.3) is 0 Å². The molecule has 1 aromatic rings. The molecule has 0 saturated heterocycles. The quantitative estimate of drug-likeness (QED) is 0.820. The molecular weight excluding hydrogens is 186 g/mol. The number of aromatic nitrogens is 2. The Labute approximate surface area is 91.9 Å². The Balaban J connectivity index is 2.01. The molecule has 2 atom stereocenters. The van der Waals surface area contributed by atoms with Gasteiger partial charge in [-0.1, -0.05) is 6.92 Å². The minimum Gasteiger partial charge on any atom is -0.335 e. The highest BCUT2D eigenvalue weighted by atomic mass is 15.1. The van der Waals surface area contributed by atoms with Crippen molar-refractivity contribution < 1.29 is 0 Å². The average molecular weight is 207 g/mol. The first kappa shape index (κ1) is 10.7. The molecule has 0 amide bonds. The molecule has 2 rings (SSSR count). The monoisotopic (exact) mass is 207 g/mol. The van der Waals surface area contributed by atoms with E-state index >= 15 is 0 Å². The van der Waals surface area contributed by atoms with E-state index in [4.69, 9.17) is 0 Å². The topological polar surface area (TPSA) is 29.9 Å². The molecule has 1 aliphatic carbocycles. The lowest BCUT2D eigenvalue weighted by Crippen LogP contribution is -2.25. The minimum atomic E-state index is 0.670. The van der Waals surface area contributed by atoms with Crippen molar-refractivity contribution >= 4 is 0 Å². The molecular formula is C12H21N3. The number of rotatable bonds is 4. The van der Waals surface area contributed by atoms with Crippen molar-refractivity contribution in [2.45, 2.75) is 51.6 Å². The smallest absolute Gasteiger partial charge is 0.111 e.